The summed E-state index contributed by atoms with van der Waals surface area (Å²) in [7, 11) is 0. The van der Waals surface area contributed by atoms with E-state index in [-0.39, 0.29) is 22.4 Å². The van der Waals surface area contributed by atoms with Crippen LogP contribution in [0.3, 0.4) is 0 Å². The fraction of sp³-hybridized carbons (Fsp3) is 0. The molecule has 0 rings (SSSR count). The van der Waals surface area contributed by atoms with Gasteiger partial charge < -0.3 is 0 Å². The van der Waals surface area contributed by atoms with E-state index < -0.39 is 28.1 Å². The van der Waals surface area contributed by atoms with Gasteiger partial charge in [-0.3, -0.25) is 0 Å². The fourth-order valence-corrected chi connectivity index (χ4v) is 0. The van der Waals surface area contributed by atoms with Gasteiger partial charge in [-0.15, -0.1) is 0 Å². The van der Waals surface area contributed by atoms with Gasteiger partial charge in [-0.25, -0.2) is 0 Å². The molecule has 0 aliphatic rings. The first-order chi connectivity index (χ1) is 3.73. The van der Waals surface area contributed by atoms with Crippen molar-refractivity contribution in [2.24, 2.45) is 0 Å². The van der Waals surface area contributed by atoms with Crippen LogP contribution >= 0.6 is 0 Å². The van der Waals surface area contributed by atoms with Gasteiger partial charge in [0.2, 0.25) is 0 Å². The van der Waals surface area contributed by atoms with E-state index in [1.54, 1.807) is 0 Å². The van der Waals surface area contributed by atoms with Gasteiger partial charge in [-0.05, 0) is 0 Å². The number of rotatable bonds is 0. The van der Waals surface area contributed by atoms with Crippen LogP contribution in [0.2, 0.25) is 0 Å². The second-order valence-corrected chi connectivity index (χ2v) is 2.97. The molecule has 0 fully saturated rings. The first-order valence-corrected chi connectivity index (χ1v) is 5.56. The third-order valence-corrected chi connectivity index (χ3v) is 0. The third-order valence-electron chi connectivity index (χ3n) is 0. The Kier molecular flexibility index (Phi) is 14.0. The number of hydrogen-bond acceptors (Lipinski definition) is 4. The van der Waals surface area contributed by atoms with Crippen LogP contribution in [0, 0.1) is 0 Å². The molecule has 0 aromatic heterocycles. The first kappa shape index (κ1) is 17.2. The second kappa shape index (κ2) is 8.13. The zero-order valence-electron chi connectivity index (χ0n) is 4.09. The van der Waals surface area contributed by atoms with Crippen LogP contribution in [0.4, 0.5) is 0 Å². The Hall–Kier alpha value is 1.03. The molecule has 7 nitrogen and oxygen atoms in total. The zero-order valence-corrected chi connectivity index (χ0v) is 8.56. The van der Waals surface area contributed by atoms with Crippen LogP contribution in [0.5, 0.6) is 0 Å². The molecule has 0 spiro atoms. The fourth-order valence-electron chi connectivity index (χ4n) is 0. The molecule has 3 N–H and O–H groups in total. The van der Waals surface area contributed by atoms with Crippen LogP contribution in [0.15, 0.2) is 0 Å². The monoisotopic (exact) mass is 354 g/mol. The summed E-state index contributed by atoms with van der Waals surface area (Å²) in [6.07, 6.45) is 0. The van der Waals surface area contributed by atoms with E-state index in [2.05, 4.69) is 0 Å². The Morgan fingerprint density at radius 3 is 1.30 bits per heavy atom. The van der Waals surface area contributed by atoms with E-state index in [0.29, 0.717) is 0 Å². The van der Waals surface area contributed by atoms with Crippen LogP contribution in [-0.4, -0.2) is 27.0 Å². The van der Waals surface area contributed by atoms with Crippen molar-refractivity contribution in [1.82, 2.24) is 0 Å². The molecule has 0 heterocycles. The Bertz CT molecular complexity index is 156. The quantitative estimate of drug-likeness (QED) is 0.383. The molecule has 1 unspecified atom stereocenters. The normalized spacial score (nSPS) is 12.0. The summed E-state index contributed by atoms with van der Waals surface area (Å²) in [6.45, 7) is 0. The van der Waals surface area contributed by atoms with Gasteiger partial charge in [0.25, 0.3) is 0 Å². The van der Waals surface area contributed by atoms with Gasteiger partial charge in [0.1, 0.15) is 0 Å². The van der Waals surface area contributed by atoms with Crippen molar-refractivity contribution >= 4 is 14.5 Å². The minimum absolute atomic E-state index is 0. The summed E-state index contributed by atoms with van der Waals surface area (Å²) in [6, 6.07) is 0. The molecule has 0 radical (unpaired) electrons. The van der Waals surface area contributed by atoms with Gasteiger partial charge >= 0.3 is 78.6 Å². The first-order valence-electron chi connectivity index (χ1n) is 1.21. The van der Waals surface area contributed by atoms with Crippen LogP contribution < -0.4 is 4.19 Å². The second-order valence-electron chi connectivity index (χ2n) is 0.665. The summed E-state index contributed by atoms with van der Waals surface area (Å²) in [5, 5.41) is 0. The minimum atomic E-state index is -5.25. The summed E-state index contributed by atoms with van der Waals surface area (Å²) in [5.74, 6) is 0. The molecule has 0 amide bonds. The van der Waals surface area contributed by atoms with E-state index in [0.717, 1.165) is 0 Å². The molecule has 10 heteroatoms. The molecular formula is H3AgCrO7Se. The molecule has 0 aromatic rings. The predicted molar refractivity (Wildman–Crippen MR) is 14.5 cm³/mol. The van der Waals surface area contributed by atoms with Crippen LogP contribution in [-0.2, 0) is 47.4 Å². The average molecular weight is 354 g/mol. The Balaban J connectivity index is -0.0000000910. The van der Waals surface area contributed by atoms with E-state index in [1.807, 2.05) is 0 Å². The molecule has 68 valence electrons. The molecule has 0 aliphatic carbocycles. The van der Waals surface area contributed by atoms with Crippen molar-refractivity contribution in [2.45, 2.75) is 0 Å². The average Bonchev–Trinajstić information content (AvgIpc) is 1.19. The van der Waals surface area contributed by atoms with Crippen molar-refractivity contribution in [3.63, 3.8) is 0 Å². The maximum absolute atomic E-state index is 8.82. The summed E-state index contributed by atoms with van der Waals surface area (Å²) >= 11 is -8.79. The van der Waals surface area contributed by atoms with Crippen LogP contribution in [0.1, 0.15) is 0 Å². The van der Waals surface area contributed by atoms with E-state index in [1.165, 1.54) is 0 Å². The Morgan fingerprint density at radius 2 is 1.30 bits per heavy atom. The zero-order chi connectivity index (χ0) is 8.08. The van der Waals surface area contributed by atoms with E-state index in [9.17, 15) is 0 Å². The maximum atomic E-state index is 8.82. The molecule has 0 aromatic carbocycles. The van der Waals surface area contributed by atoms with Gasteiger partial charge in [0.05, 0.1) is 0 Å². The van der Waals surface area contributed by atoms with Gasteiger partial charge in [-0.2, -0.15) is 0 Å². The van der Waals surface area contributed by atoms with Gasteiger partial charge in [-0.1, -0.05) is 0 Å². The summed E-state index contributed by atoms with van der Waals surface area (Å²) in [5.41, 5.74) is 0. The predicted octanol–water partition coefficient (Wildman–Crippen LogP) is -3.60. The number of hydrogen-bond donors (Lipinski definition) is 3. The molecule has 0 saturated heterocycles. The van der Waals surface area contributed by atoms with Gasteiger partial charge in [0.15, 0.2) is 0 Å². The summed E-state index contributed by atoms with van der Waals surface area (Å²) < 4.78 is 56.2. The van der Waals surface area contributed by atoms with Crippen LogP contribution in [0.25, 0.3) is 0 Å². The van der Waals surface area contributed by atoms with E-state index >= 15 is 0 Å². The summed E-state index contributed by atoms with van der Waals surface area (Å²) in [4.78, 5) is 0. The van der Waals surface area contributed by atoms with Gasteiger partial charge in [0, 0.05) is 0 Å². The van der Waals surface area contributed by atoms with Crippen molar-refractivity contribution in [3.8, 4) is 0 Å². The van der Waals surface area contributed by atoms with Crippen molar-refractivity contribution < 1.29 is 64.1 Å². The molecule has 10 heavy (non-hydrogen) atoms. The molecule has 0 bridgehead atoms. The Labute approximate surface area is 78.3 Å². The topological polar surface area (TPSA) is 135 Å². The molecule has 0 aliphatic heterocycles. The third kappa shape index (κ3) is 547. The molecular weight excluding hydrogens is 351 g/mol. The molecule has 1 atom stereocenters. The van der Waals surface area contributed by atoms with E-state index in [4.69, 9.17) is 28.1 Å². The standard InChI is InChI=1S/Ag.Cr.H2O3Se.2H2O.2O/c;;1-4(2)3;;;;/h;;(H2,1,2,3);2*1H2;;/q+1;+2;;;;;/p-3. The van der Waals surface area contributed by atoms with Crippen molar-refractivity contribution in [3.05, 3.63) is 0 Å². The molecule has 0 saturated carbocycles. The SMILES string of the molecule is O=[Se]([O-])O.[Ag+].[O]=[Cr](=[O])([OH])[OH]. The Morgan fingerprint density at radius 1 is 1.30 bits per heavy atom. The van der Waals surface area contributed by atoms with Crippen molar-refractivity contribution in [2.75, 3.05) is 0 Å². The van der Waals surface area contributed by atoms with Crippen molar-refractivity contribution in [1.29, 1.82) is 0 Å².